The maximum absolute atomic E-state index is 12.6. The fourth-order valence-corrected chi connectivity index (χ4v) is 1.11. The van der Waals surface area contributed by atoms with Crippen LogP contribution in [0.4, 0.5) is 19.3 Å². The number of halogens is 2. The number of amides is 1. The van der Waals surface area contributed by atoms with E-state index < -0.39 is 18.1 Å². The third-order valence-corrected chi connectivity index (χ3v) is 1.72. The van der Waals surface area contributed by atoms with Crippen LogP contribution in [0.2, 0.25) is 0 Å². The Bertz CT molecular complexity index is 403. The summed E-state index contributed by atoms with van der Waals surface area (Å²) in [6, 6.07) is 1.30. The van der Waals surface area contributed by atoms with Gasteiger partial charge in [-0.3, -0.25) is 10.3 Å². The molecule has 1 N–H and O–H groups in total. The Morgan fingerprint density at radius 3 is 2.65 bits per heavy atom. The van der Waals surface area contributed by atoms with Crippen LogP contribution in [0.25, 0.3) is 0 Å². The van der Waals surface area contributed by atoms with E-state index in [1.54, 1.807) is 20.8 Å². The van der Waals surface area contributed by atoms with Crippen molar-refractivity contribution in [2.75, 3.05) is 5.32 Å². The van der Waals surface area contributed by atoms with E-state index in [1.165, 1.54) is 12.3 Å². The van der Waals surface area contributed by atoms with Crippen molar-refractivity contribution in [3.05, 3.63) is 24.0 Å². The average Bonchev–Trinajstić information content (AvgIpc) is 2.14. The highest BCUT2D eigenvalue weighted by atomic mass is 19.3. The van der Waals surface area contributed by atoms with Gasteiger partial charge in [-0.15, -0.1) is 0 Å². The quantitative estimate of drug-likeness (QED) is 0.867. The number of nitrogens with zero attached hydrogens (tertiary/aromatic N) is 1. The van der Waals surface area contributed by atoms with Crippen LogP contribution in [0.3, 0.4) is 0 Å². The molecule has 0 aliphatic carbocycles. The fourth-order valence-electron chi connectivity index (χ4n) is 1.11. The number of hydrogen-bond acceptors (Lipinski definition) is 3. The molecule has 0 bridgehead atoms. The topological polar surface area (TPSA) is 51.2 Å². The molecule has 0 aliphatic heterocycles. The molecule has 1 amide bonds. The predicted molar refractivity (Wildman–Crippen MR) is 59.1 cm³/mol. The highest BCUT2D eigenvalue weighted by molar-refractivity contribution is 5.85. The fraction of sp³-hybridized carbons (Fsp3) is 0.455. The largest absolute Gasteiger partial charge is 0.444 e. The van der Waals surface area contributed by atoms with E-state index in [2.05, 4.69) is 10.3 Å². The summed E-state index contributed by atoms with van der Waals surface area (Å²) in [5, 5.41) is 2.27. The number of anilines is 1. The van der Waals surface area contributed by atoms with Gasteiger partial charge in [0.05, 0.1) is 11.3 Å². The normalized spacial score (nSPS) is 11.4. The van der Waals surface area contributed by atoms with Crippen LogP contribution < -0.4 is 5.32 Å². The molecule has 94 valence electrons. The van der Waals surface area contributed by atoms with Crippen LogP contribution in [0.15, 0.2) is 18.5 Å². The molecule has 0 saturated heterocycles. The Kier molecular flexibility index (Phi) is 3.98. The molecule has 0 atom stereocenters. The van der Waals surface area contributed by atoms with Gasteiger partial charge >= 0.3 is 6.09 Å². The van der Waals surface area contributed by atoms with Gasteiger partial charge in [0.1, 0.15) is 5.60 Å². The number of nitrogens with one attached hydrogen (secondary N) is 1. The molecule has 1 rings (SSSR count). The van der Waals surface area contributed by atoms with E-state index in [0.29, 0.717) is 0 Å². The molecule has 0 fully saturated rings. The first-order valence-electron chi connectivity index (χ1n) is 5.01. The molecule has 0 radical (unpaired) electrons. The summed E-state index contributed by atoms with van der Waals surface area (Å²) in [5.41, 5.74) is -1.01. The summed E-state index contributed by atoms with van der Waals surface area (Å²) in [6.07, 6.45) is -1.14. The second kappa shape index (κ2) is 5.07. The van der Waals surface area contributed by atoms with Crippen LogP contribution in [0.5, 0.6) is 0 Å². The summed E-state index contributed by atoms with van der Waals surface area (Å²) in [4.78, 5) is 15.0. The molecule has 0 aromatic carbocycles. The Labute approximate surface area is 98.0 Å². The zero-order chi connectivity index (χ0) is 13.1. The second-order valence-corrected chi connectivity index (χ2v) is 4.39. The third kappa shape index (κ3) is 4.34. The molecule has 17 heavy (non-hydrogen) atoms. The summed E-state index contributed by atoms with van der Waals surface area (Å²) in [6.45, 7) is 5.06. The summed E-state index contributed by atoms with van der Waals surface area (Å²) in [5.74, 6) is 0. The number of rotatable bonds is 2. The van der Waals surface area contributed by atoms with Crippen molar-refractivity contribution >= 4 is 11.8 Å². The molecule has 1 heterocycles. The van der Waals surface area contributed by atoms with E-state index >= 15 is 0 Å². The number of ether oxygens (including phenoxy) is 1. The van der Waals surface area contributed by atoms with Crippen molar-refractivity contribution in [3.63, 3.8) is 0 Å². The molecule has 0 saturated carbocycles. The summed E-state index contributed by atoms with van der Waals surface area (Å²) < 4.78 is 30.1. The van der Waals surface area contributed by atoms with Gasteiger partial charge in [-0.2, -0.15) is 0 Å². The predicted octanol–water partition coefficient (Wildman–Crippen LogP) is 3.37. The van der Waals surface area contributed by atoms with Crippen molar-refractivity contribution in [2.45, 2.75) is 32.8 Å². The highest BCUT2D eigenvalue weighted by Crippen LogP contribution is 2.26. The van der Waals surface area contributed by atoms with Gasteiger partial charge in [0.2, 0.25) is 0 Å². The maximum Gasteiger partial charge on any atom is 0.412 e. The average molecular weight is 244 g/mol. The molecule has 4 nitrogen and oxygen atoms in total. The zero-order valence-electron chi connectivity index (χ0n) is 9.83. The monoisotopic (exact) mass is 244 g/mol. The Balaban J connectivity index is 2.78. The second-order valence-electron chi connectivity index (χ2n) is 4.39. The Morgan fingerprint density at radius 2 is 2.12 bits per heavy atom. The van der Waals surface area contributed by atoms with Crippen molar-refractivity contribution in [3.8, 4) is 0 Å². The van der Waals surface area contributed by atoms with Crippen molar-refractivity contribution in [1.82, 2.24) is 4.98 Å². The van der Waals surface area contributed by atoms with Crippen LogP contribution in [-0.2, 0) is 4.74 Å². The Hall–Kier alpha value is -1.72. The third-order valence-electron chi connectivity index (χ3n) is 1.72. The molecule has 1 aromatic rings. The van der Waals surface area contributed by atoms with Gasteiger partial charge in [-0.05, 0) is 26.8 Å². The highest BCUT2D eigenvalue weighted by Gasteiger charge is 2.19. The summed E-state index contributed by atoms with van der Waals surface area (Å²) in [7, 11) is 0. The molecule has 1 aromatic heterocycles. The van der Waals surface area contributed by atoms with Crippen molar-refractivity contribution in [2.24, 2.45) is 0 Å². The molecule has 0 aliphatic rings. The van der Waals surface area contributed by atoms with E-state index in [0.717, 1.165) is 6.20 Å². The number of aromatic nitrogens is 1. The lowest BCUT2D eigenvalue weighted by Gasteiger charge is -2.20. The minimum absolute atomic E-state index is 0.00394. The van der Waals surface area contributed by atoms with E-state index in [1.807, 2.05) is 0 Å². The standard InChI is InChI=1S/C11H14F2N2O2/c1-11(2,3)17-10(16)15-8-4-5-14-6-7(8)9(12)13/h4-6,9H,1-3H3,(H,14,15,16). The summed E-state index contributed by atoms with van der Waals surface area (Å²) >= 11 is 0. The van der Waals surface area contributed by atoms with Crippen molar-refractivity contribution < 1.29 is 18.3 Å². The van der Waals surface area contributed by atoms with Gasteiger partial charge in [0, 0.05) is 12.4 Å². The van der Waals surface area contributed by atoms with Gasteiger partial charge < -0.3 is 4.74 Å². The van der Waals surface area contributed by atoms with Crippen LogP contribution in [-0.4, -0.2) is 16.7 Å². The molecule has 0 unspecified atom stereocenters. The van der Waals surface area contributed by atoms with E-state index in [4.69, 9.17) is 4.74 Å². The molecular formula is C11H14F2N2O2. The number of hydrogen-bond donors (Lipinski definition) is 1. The van der Waals surface area contributed by atoms with Gasteiger partial charge in [-0.25, -0.2) is 13.6 Å². The van der Waals surface area contributed by atoms with Gasteiger partial charge in [-0.1, -0.05) is 0 Å². The van der Waals surface area contributed by atoms with Crippen LogP contribution in [0.1, 0.15) is 32.8 Å². The van der Waals surface area contributed by atoms with Crippen LogP contribution in [0, 0.1) is 0 Å². The Morgan fingerprint density at radius 1 is 1.47 bits per heavy atom. The SMILES string of the molecule is CC(C)(C)OC(=O)Nc1ccncc1C(F)F. The lowest BCUT2D eigenvalue weighted by Crippen LogP contribution is -2.27. The smallest absolute Gasteiger partial charge is 0.412 e. The van der Waals surface area contributed by atoms with Gasteiger partial charge in [0.25, 0.3) is 6.43 Å². The number of pyridine rings is 1. The molecule has 0 spiro atoms. The van der Waals surface area contributed by atoms with E-state index in [9.17, 15) is 13.6 Å². The molecule has 6 heteroatoms. The minimum Gasteiger partial charge on any atom is -0.444 e. The lowest BCUT2D eigenvalue weighted by atomic mass is 10.2. The van der Waals surface area contributed by atoms with Crippen molar-refractivity contribution in [1.29, 1.82) is 0 Å². The first-order valence-corrected chi connectivity index (χ1v) is 5.01. The first kappa shape index (κ1) is 13.3. The van der Waals surface area contributed by atoms with E-state index in [-0.39, 0.29) is 11.3 Å². The number of alkyl halides is 2. The lowest BCUT2D eigenvalue weighted by molar-refractivity contribution is 0.0635. The maximum atomic E-state index is 12.6. The van der Waals surface area contributed by atoms with Gasteiger partial charge in [0.15, 0.2) is 0 Å². The zero-order valence-corrected chi connectivity index (χ0v) is 9.83. The first-order chi connectivity index (χ1) is 7.79. The van der Waals surface area contributed by atoms with Crippen LogP contribution >= 0.6 is 0 Å². The number of carbonyl (C=O) groups excluding carboxylic acids is 1. The minimum atomic E-state index is -2.70. The molecular weight excluding hydrogens is 230 g/mol. The number of carbonyl (C=O) groups is 1.